The number of ether oxygens (including phenoxy) is 1. The van der Waals surface area contributed by atoms with Gasteiger partial charge in [0, 0.05) is 44.1 Å². The third-order valence-corrected chi connectivity index (χ3v) is 7.97. The summed E-state index contributed by atoms with van der Waals surface area (Å²) in [7, 11) is 1.26. The van der Waals surface area contributed by atoms with Gasteiger partial charge in [0.05, 0.1) is 36.5 Å². The van der Waals surface area contributed by atoms with E-state index >= 15 is 4.39 Å². The van der Waals surface area contributed by atoms with Crippen LogP contribution in [0.15, 0.2) is 30.3 Å². The molecule has 1 saturated heterocycles. The van der Waals surface area contributed by atoms with Gasteiger partial charge >= 0.3 is 5.97 Å². The van der Waals surface area contributed by atoms with Crippen LogP contribution in [-0.4, -0.2) is 63.4 Å². The van der Waals surface area contributed by atoms with E-state index in [2.05, 4.69) is 22.8 Å². The van der Waals surface area contributed by atoms with Gasteiger partial charge in [-0.25, -0.2) is 14.2 Å². The fourth-order valence-corrected chi connectivity index (χ4v) is 5.50. The van der Waals surface area contributed by atoms with Crippen molar-refractivity contribution < 1.29 is 24.1 Å². The lowest BCUT2D eigenvalue weighted by atomic mass is 10.0. The van der Waals surface area contributed by atoms with Crippen LogP contribution in [0.5, 0.6) is 11.5 Å². The van der Waals surface area contributed by atoms with E-state index in [0.717, 1.165) is 25.3 Å². The van der Waals surface area contributed by atoms with Crippen molar-refractivity contribution >= 4 is 22.7 Å². The number of phenols is 2. The van der Waals surface area contributed by atoms with Gasteiger partial charge in [-0.2, -0.15) is 5.26 Å². The number of nitrogens with zero attached hydrogens (tertiary/aromatic N) is 5. The first-order chi connectivity index (χ1) is 18.3. The highest BCUT2D eigenvalue weighted by Gasteiger charge is 2.43. The van der Waals surface area contributed by atoms with Crippen LogP contribution in [0.4, 0.5) is 10.1 Å². The summed E-state index contributed by atoms with van der Waals surface area (Å²) in [5, 5.41) is 29.7. The van der Waals surface area contributed by atoms with E-state index in [1.807, 2.05) is 4.57 Å². The Kier molecular flexibility index (Phi) is 6.88. The summed E-state index contributed by atoms with van der Waals surface area (Å²) in [5.41, 5.74) is 1.30. The zero-order valence-electron chi connectivity index (χ0n) is 21.7. The average molecular weight is 522 g/mol. The predicted octanol–water partition coefficient (Wildman–Crippen LogP) is 4.17. The predicted molar refractivity (Wildman–Crippen MR) is 139 cm³/mol. The standard InChI is InChI=1S/C28H32FN5O4/c1-3-19-15-33(21-5-4-6-23(35)26(21)36)12-11-32(19)16-24-31-25-20(29)13-18(27(37)38-2)14-22(25)34(24)17-28(7-8-28)9-10-30/h4-6,13-14,19,35-36H,3,7-9,11-12,15-17H2,1-2H3. The second kappa shape index (κ2) is 10.1. The quantitative estimate of drug-likeness (QED) is 0.335. The number of halogens is 1. The third-order valence-electron chi connectivity index (χ3n) is 7.97. The number of benzene rings is 2. The van der Waals surface area contributed by atoms with Crippen molar-refractivity contribution in [3.8, 4) is 17.6 Å². The molecule has 1 aliphatic carbocycles. The van der Waals surface area contributed by atoms with Crippen LogP contribution in [0.1, 0.15) is 48.8 Å². The number of esters is 1. The Labute approximate surface area is 220 Å². The van der Waals surface area contributed by atoms with E-state index in [9.17, 15) is 20.3 Å². The van der Waals surface area contributed by atoms with Gasteiger partial charge in [0.25, 0.3) is 0 Å². The van der Waals surface area contributed by atoms with Crippen molar-refractivity contribution in [2.45, 2.75) is 51.7 Å². The Morgan fingerprint density at radius 2 is 2.08 bits per heavy atom. The lowest BCUT2D eigenvalue weighted by Gasteiger charge is -2.42. The normalized spacial score (nSPS) is 18.9. The average Bonchev–Trinajstić information content (AvgIpc) is 3.59. The first-order valence-electron chi connectivity index (χ1n) is 12.9. The number of imidazole rings is 1. The van der Waals surface area contributed by atoms with Gasteiger partial charge < -0.3 is 24.4 Å². The molecule has 2 aromatic carbocycles. The highest BCUT2D eigenvalue weighted by Crippen LogP contribution is 2.50. The summed E-state index contributed by atoms with van der Waals surface area (Å²) < 4.78 is 22.0. The Balaban J connectivity index is 1.47. The fourth-order valence-electron chi connectivity index (χ4n) is 5.50. The van der Waals surface area contributed by atoms with E-state index in [1.54, 1.807) is 18.2 Å². The van der Waals surface area contributed by atoms with Crippen molar-refractivity contribution in [1.82, 2.24) is 14.5 Å². The van der Waals surface area contributed by atoms with E-state index in [-0.39, 0.29) is 34.0 Å². The SMILES string of the molecule is CCC1CN(c2cccc(O)c2O)CCN1Cc1nc2c(F)cc(C(=O)OC)cc2n1CC1(CC#N)CC1. The van der Waals surface area contributed by atoms with Crippen molar-refractivity contribution in [2.24, 2.45) is 5.41 Å². The fraction of sp³-hybridized carbons (Fsp3) is 0.464. The number of hydrogen-bond acceptors (Lipinski definition) is 8. The van der Waals surface area contributed by atoms with Crippen molar-refractivity contribution in [1.29, 1.82) is 5.26 Å². The Hall–Kier alpha value is -3.84. The summed E-state index contributed by atoms with van der Waals surface area (Å²) in [4.78, 5) is 21.3. The van der Waals surface area contributed by atoms with Crippen molar-refractivity contribution in [2.75, 3.05) is 31.6 Å². The molecule has 0 amide bonds. The summed E-state index contributed by atoms with van der Waals surface area (Å²) in [6, 6.07) is 10.2. The number of nitriles is 1. The number of rotatable bonds is 8. The molecule has 3 aromatic rings. The molecule has 1 unspecified atom stereocenters. The van der Waals surface area contributed by atoms with Crippen LogP contribution in [-0.2, 0) is 17.8 Å². The minimum absolute atomic E-state index is 0.123. The molecule has 1 saturated carbocycles. The summed E-state index contributed by atoms with van der Waals surface area (Å²) >= 11 is 0. The molecule has 0 spiro atoms. The van der Waals surface area contributed by atoms with Gasteiger partial charge in [-0.3, -0.25) is 4.90 Å². The molecule has 9 nitrogen and oxygen atoms in total. The number of carbonyl (C=O) groups excluding carboxylic acids is 1. The lowest BCUT2D eigenvalue weighted by Crippen LogP contribution is -2.52. The number of hydrogen-bond donors (Lipinski definition) is 2. The van der Waals surface area contributed by atoms with Crippen LogP contribution in [0.3, 0.4) is 0 Å². The highest BCUT2D eigenvalue weighted by molar-refractivity contribution is 5.94. The summed E-state index contributed by atoms with van der Waals surface area (Å²) in [5.74, 6) is -0.773. The molecule has 2 aliphatic rings. The number of fused-ring (bicyclic) bond motifs is 1. The molecule has 200 valence electrons. The second-order valence-electron chi connectivity index (χ2n) is 10.4. The topological polar surface area (TPSA) is 115 Å². The van der Waals surface area contributed by atoms with Crippen LogP contribution in [0.2, 0.25) is 0 Å². The Morgan fingerprint density at radius 1 is 1.29 bits per heavy atom. The zero-order chi connectivity index (χ0) is 27.0. The van der Waals surface area contributed by atoms with E-state index < -0.39 is 11.8 Å². The van der Waals surface area contributed by atoms with E-state index in [0.29, 0.717) is 56.2 Å². The highest BCUT2D eigenvalue weighted by atomic mass is 19.1. The number of carbonyl (C=O) groups is 1. The molecule has 0 radical (unpaired) electrons. The zero-order valence-corrected chi connectivity index (χ0v) is 21.7. The first-order valence-corrected chi connectivity index (χ1v) is 12.9. The Bertz CT molecular complexity index is 1410. The number of phenolic OH excluding ortho intramolecular Hbond substituents is 2. The van der Waals surface area contributed by atoms with Gasteiger partial charge in [-0.15, -0.1) is 0 Å². The largest absolute Gasteiger partial charge is 0.504 e. The molecule has 38 heavy (non-hydrogen) atoms. The summed E-state index contributed by atoms with van der Waals surface area (Å²) in [6.07, 6.45) is 3.09. The molecular weight excluding hydrogens is 489 g/mol. The van der Waals surface area contributed by atoms with Crippen LogP contribution in [0, 0.1) is 22.6 Å². The van der Waals surface area contributed by atoms with Gasteiger partial charge in [0.15, 0.2) is 17.3 Å². The maximum atomic E-state index is 15.2. The van der Waals surface area contributed by atoms with Crippen LogP contribution in [0.25, 0.3) is 11.0 Å². The first kappa shape index (κ1) is 25.8. The lowest BCUT2D eigenvalue weighted by molar-refractivity contribution is 0.0600. The number of methoxy groups -OCH3 is 1. The molecule has 2 fully saturated rings. The van der Waals surface area contributed by atoms with Gasteiger partial charge in [0.2, 0.25) is 0 Å². The van der Waals surface area contributed by atoms with Gasteiger partial charge in [-0.1, -0.05) is 13.0 Å². The minimum Gasteiger partial charge on any atom is -0.504 e. The number of para-hydroxylation sites is 1. The molecule has 5 rings (SSSR count). The second-order valence-corrected chi connectivity index (χ2v) is 10.4. The van der Waals surface area contributed by atoms with E-state index in [4.69, 9.17) is 9.72 Å². The summed E-state index contributed by atoms with van der Waals surface area (Å²) in [6.45, 7) is 5.06. The minimum atomic E-state index is -0.615. The third kappa shape index (κ3) is 4.74. The van der Waals surface area contributed by atoms with Crippen LogP contribution >= 0.6 is 0 Å². The number of piperazine rings is 1. The molecule has 2 N–H and O–H groups in total. The molecule has 2 heterocycles. The van der Waals surface area contributed by atoms with Gasteiger partial charge in [-0.05, 0) is 43.5 Å². The van der Waals surface area contributed by atoms with Crippen molar-refractivity contribution in [3.05, 3.63) is 47.5 Å². The number of anilines is 1. The molecule has 0 bridgehead atoms. The van der Waals surface area contributed by atoms with Crippen molar-refractivity contribution in [3.63, 3.8) is 0 Å². The number of aromatic hydroxyl groups is 2. The maximum Gasteiger partial charge on any atom is 0.338 e. The maximum absolute atomic E-state index is 15.2. The molecule has 1 aromatic heterocycles. The molecular formula is C28H32FN5O4. The van der Waals surface area contributed by atoms with Gasteiger partial charge in [0.1, 0.15) is 11.3 Å². The molecule has 1 atom stereocenters. The smallest absolute Gasteiger partial charge is 0.338 e. The van der Waals surface area contributed by atoms with E-state index in [1.165, 1.54) is 13.2 Å². The monoisotopic (exact) mass is 521 g/mol. The number of aromatic nitrogens is 2. The molecule has 1 aliphatic heterocycles. The Morgan fingerprint density at radius 3 is 2.76 bits per heavy atom. The van der Waals surface area contributed by atoms with Crippen LogP contribution < -0.4 is 4.90 Å². The molecule has 10 heteroatoms.